The molecule has 0 spiro atoms. The fourth-order valence-corrected chi connectivity index (χ4v) is 3.31. The van der Waals surface area contributed by atoms with Gasteiger partial charge in [0, 0.05) is 9.32 Å². The Morgan fingerprint density at radius 2 is 2.17 bits per heavy atom. The number of aryl methyl sites for hydroxylation is 1. The zero-order chi connectivity index (χ0) is 13.6. The van der Waals surface area contributed by atoms with Gasteiger partial charge in [-0.15, -0.1) is 4.33 Å². The Morgan fingerprint density at radius 1 is 1.44 bits per heavy atom. The fourth-order valence-electron chi connectivity index (χ4n) is 1.21. The van der Waals surface area contributed by atoms with Gasteiger partial charge in [-0.2, -0.15) is 8.42 Å². The summed E-state index contributed by atoms with van der Waals surface area (Å²) in [6.45, 7) is 1.78. The molecule has 1 rings (SSSR count). The van der Waals surface area contributed by atoms with E-state index in [1.807, 2.05) is 22.6 Å². The molecule has 0 aliphatic rings. The quantitative estimate of drug-likeness (QED) is 0.186. The Labute approximate surface area is 123 Å². The van der Waals surface area contributed by atoms with Gasteiger partial charge in [-0.05, 0) is 30.7 Å². The van der Waals surface area contributed by atoms with E-state index in [1.54, 1.807) is 13.0 Å². The van der Waals surface area contributed by atoms with Crippen molar-refractivity contribution in [2.24, 2.45) is 0 Å². The molecule has 0 aromatic heterocycles. The molecule has 9 heteroatoms. The van der Waals surface area contributed by atoms with Crippen LogP contribution in [0.5, 0.6) is 0 Å². The van der Waals surface area contributed by atoms with E-state index in [0.717, 1.165) is 12.0 Å². The van der Waals surface area contributed by atoms with E-state index in [2.05, 4.69) is 9.37 Å². The Hall–Kier alpha value is 0.0900. The Bertz CT molecular complexity index is 490. The molecule has 0 fully saturated rings. The minimum atomic E-state index is -3.73. The molecule has 1 N–H and O–H groups in total. The van der Waals surface area contributed by atoms with Crippen LogP contribution < -0.4 is 0 Å². The van der Waals surface area contributed by atoms with E-state index in [1.165, 1.54) is 12.1 Å². The van der Waals surface area contributed by atoms with Crippen LogP contribution in [-0.2, 0) is 23.7 Å². The second kappa shape index (κ2) is 7.62. The molecule has 6 nitrogen and oxygen atoms in total. The molecule has 0 saturated heterocycles. The van der Waals surface area contributed by atoms with Gasteiger partial charge >= 0.3 is 0 Å². The average Bonchev–Trinajstić information content (AvgIpc) is 2.33. The van der Waals surface area contributed by atoms with Crippen molar-refractivity contribution in [1.29, 1.82) is 0 Å². The van der Waals surface area contributed by atoms with Crippen molar-refractivity contribution < 1.29 is 27.2 Å². The van der Waals surface area contributed by atoms with Gasteiger partial charge in [-0.3, -0.25) is 4.18 Å². The van der Waals surface area contributed by atoms with Gasteiger partial charge < -0.3 is 0 Å². The third kappa shape index (κ3) is 4.64. The highest BCUT2D eigenvalue weighted by atomic mass is 127. The molecule has 18 heavy (non-hydrogen) atoms. The maximum absolute atomic E-state index is 11.8. The van der Waals surface area contributed by atoms with Crippen LogP contribution in [0.25, 0.3) is 0 Å². The lowest BCUT2D eigenvalue weighted by Crippen LogP contribution is -2.09. The second-order valence-electron chi connectivity index (χ2n) is 3.12. The average molecular weight is 406 g/mol. The normalized spacial score (nSPS) is 11.7. The Kier molecular flexibility index (Phi) is 6.84. The van der Waals surface area contributed by atoms with E-state index < -0.39 is 10.1 Å². The minimum Gasteiger partial charge on any atom is -0.266 e. The van der Waals surface area contributed by atoms with Crippen LogP contribution in [0.3, 0.4) is 0 Å². The zero-order valence-corrected chi connectivity index (χ0v) is 13.1. The van der Waals surface area contributed by atoms with E-state index in [-0.39, 0.29) is 11.5 Å². The summed E-state index contributed by atoms with van der Waals surface area (Å²) in [7, 11) is -3.73. The third-order valence-electron chi connectivity index (χ3n) is 1.89. The number of hydrogen-bond acceptors (Lipinski definition) is 7. The van der Waals surface area contributed by atoms with E-state index >= 15 is 0 Å². The molecule has 0 saturated carbocycles. The maximum Gasteiger partial charge on any atom is 0.297 e. The molecule has 1 aromatic carbocycles. The molecule has 1 aromatic rings. The number of halogens is 1. The summed E-state index contributed by atoms with van der Waals surface area (Å²) in [5.41, 5.74) is 0.523. The van der Waals surface area contributed by atoms with Crippen molar-refractivity contribution in [2.75, 3.05) is 11.0 Å². The first-order valence-corrected chi connectivity index (χ1v) is 8.39. The molecule has 102 valence electrons. The molecule has 0 aliphatic heterocycles. The highest BCUT2D eigenvalue weighted by Gasteiger charge is 2.18. The predicted octanol–water partition coefficient (Wildman–Crippen LogP) is 2.56. The monoisotopic (exact) mass is 406 g/mol. The molecule has 0 radical (unpaired) electrons. The van der Waals surface area contributed by atoms with Crippen molar-refractivity contribution in [3.8, 4) is 0 Å². The molecule has 0 heterocycles. The van der Waals surface area contributed by atoms with Crippen molar-refractivity contribution in [1.82, 2.24) is 0 Å². The smallest absolute Gasteiger partial charge is 0.266 e. The van der Waals surface area contributed by atoms with Crippen LogP contribution in [0.1, 0.15) is 5.56 Å². The molecule has 0 unspecified atom stereocenters. The largest absolute Gasteiger partial charge is 0.297 e. The first-order chi connectivity index (χ1) is 8.51. The van der Waals surface area contributed by atoms with E-state index in [9.17, 15) is 8.42 Å². The molecular formula is C9H11IO6S2. The first-order valence-electron chi connectivity index (χ1n) is 4.72. The van der Waals surface area contributed by atoms with Gasteiger partial charge in [-0.1, -0.05) is 27.6 Å². The Balaban J connectivity index is 2.91. The van der Waals surface area contributed by atoms with Crippen LogP contribution in [0.15, 0.2) is 28.0 Å². The topological polar surface area (TPSA) is 82.1 Å². The number of alkyl halides is 1. The van der Waals surface area contributed by atoms with Crippen LogP contribution in [0, 0.1) is 6.92 Å². The summed E-state index contributed by atoms with van der Waals surface area (Å²) in [4.78, 5) is 0.705. The lowest BCUT2D eigenvalue weighted by molar-refractivity contribution is -0.432. The van der Waals surface area contributed by atoms with E-state index in [0.29, 0.717) is 14.9 Å². The zero-order valence-electron chi connectivity index (χ0n) is 9.33. The van der Waals surface area contributed by atoms with Crippen LogP contribution in [0.2, 0.25) is 0 Å². The fraction of sp³-hybridized carbons (Fsp3) is 0.333. The highest BCUT2D eigenvalue weighted by Crippen LogP contribution is 2.25. The SMILES string of the molecule is Cc1cc(SOOO)ccc1S(=O)(=O)OCCI. The van der Waals surface area contributed by atoms with Gasteiger partial charge in [0.05, 0.1) is 23.5 Å². The molecule has 0 atom stereocenters. The summed E-state index contributed by atoms with van der Waals surface area (Å²) >= 11 is 2.79. The van der Waals surface area contributed by atoms with Crippen molar-refractivity contribution in [2.45, 2.75) is 16.7 Å². The van der Waals surface area contributed by atoms with E-state index in [4.69, 9.17) is 9.44 Å². The summed E-state index contributed by atoms with van der Waals surface area (Å²) in [5.74, 6) is 0. The first kappa shape index (κ1) is 16.1. The third-order valence-corrected chi connectivity index (χ3v) is 4.38. The molecule has 0 aliphatic carbocycles. The molecular weight excluding hydrogens is 395 g/mol. The molecule has 0 amide bonds. The van der Waals surface area contributed by atoms with Crippen LogP contribution >= 0.6 is 34.6 Å². The van der Waals surface area contributed by atoms with Gasteiger partial charge in [0.25, 0.3) is 10.1 Å². The Morgan fingerprint density at radius 3 is 2.72 bits per heavy atom. The van der Waals surface area contributed by atoms with Crippen molar-refractivity contribution in [3.63, 3.8) is 0 Å². The predicted molar refractivity (Wildman–Crippen MR) is 73.9 cm³/mol. The van der Waals surface area contributed by atoms with Gasteiger partial charge in [0.2, 0.25) is 0 Å². The summed E-state index contributed by atoms with van der Waals surface area (Å²) < 4.78 is 33.3. The van der Waals surface area contributed by atoms with Crippen LogP contribution in [-0.4, -0.2) is 24.7 Å². The lowest BCUT2D eigenvalue weighted by Gasteiger charge is -2.08. The summed E-state index contributed by atoms with van der Waals surface area (Å²) in [6.07, 6.45) is 0. The van der Waals surface area contributed by atoms with Gasteiger partial charge in [-0.25, -0.2) is 5.26 Å². The second-order valence-corrected chi connectivity index (χ2v) is 6.55. The summed E-state index contributed by atoms with van der Waals surface area (Å²) in [5, 5.41) is 11.5. The number of hydrogen-bond donors (Lipinski definition) is 1. The highest BCUT2D eigenvalue weighted by molar-refractivity contribution is 14.1. The number of rotatable bonds is 7. The summed E-state index contributed by atoms with van der Waals surface area (Å²) in [6, 6.07) is 4.53. The standard InChI is InChI=1S/C9H11IO6S2/c1-7-6-8(17-16-15-11)2-3-9(7)18(12,13)14-5-4-10/h2-3,6,11H,4-5H2,1H3. The molecule has 0 bridgehead atoms. The maximum atomic E-state index is 11.8. The van der Waals surface area contributed by atoms with Crippen LogP contribution in [0.4, 0.5) is 0 Å². The van der Waals surface area contributed by atoms with Gasteiger partial charge in [0.1, 0.15) is 0 Å². The van der Waals surface area contributed by atoms with Gasteiger partial charge in [0.15, 0.2) is 0 Å². The minimum absolute atomic E-state index is 0.113. The lowest BCUT2D eigenvalue weighted by atomic mass is 10.2. The number of benzene rings is 1. The van der Waals surface area contributed by atoms with Crippen molar-refractivity contribution >= 4 is 44.8 Å². The van der Waals surface area contributed by atoms with Crippen molar-refractivity contribution in [3.05, 3.63) is 23.8 Å².